The van der Waals surface area contributed by atoms with Crippen molar-refractivity contribution >= 4 is 17.3 Å². The normalized spacial score (nSPS) is 10.4. The summed E-state index contributed by atoms with van der Waals surface area (Å²) in [6.45, 7) is 0. The fourth-order valence-electron chi connectivity index (χ4n) is 1.56. The van der Waals surface area contributed by atoms with E-state index in [1.54, 1.807) is 24.3 Å². The molecule has 0 unspecified atom stereocenters. The van der Waals surface area contributed by atoms with Crippen molar-refractivity contribution in [2.24, 2.45) is 0 Å². The maximum atomic E-state index is 13.3. The molecular formula is C12H6ClF2NO2. The lowest BCUT2D eigenvalue weighted by molar-refractivity contribution is -0.387. The highest BCUT2D eigenvalue weighted by Gasteiger charge is 2.21. The van der Waals surface area contributed by atoms with Crippen molar-refractivity contribution in [2.75, 3.05) is 0 Å². The maximum absolute atomic E-state index is 13.3. The van der Waals surface area contributed by atoms with E-state index in [1.165, 1.54) is 0 Å². The first-order chi connectivity index (χ1) is 8.50. The van der Waals surface area contributed by atoms with Crippen LogP contribution in [0.1, 0.15) is 0 Å². The molecule has 0 spiro atoms. The number of rotatable bonds is 2. The third kappa shape index (κ3) is 2.17. The molecule has 0 saturated heterocycles. The minimum absolute atomic E-state index is 0.159. The van der Waals surface area contributed by atoms with Crippen LogP contribution in [-0.2, 0) is 0 Å². The molecule has 0 aliphatic heterocycles. The summed E-state index contributed by atoms with van der Waals surface area (Å²) in [5.74, 6) is -2.75. The highest BCUT2D eigenvalue weighted by Crippen LogP contribution is 2.32. The Morgan fingerprint density at radius 1 is 1.17 bits per heavy atom. The number of benzene rings is 2. The zero-order valence-corrected chi connectivity index (χ0v) is 9.62. The smallest absolute Gasteiger partial charge is 0.258 e. The summed E-state index contributed by atoms with van der Waals surface area (Å²) in [5.41, 5.74) is -0.350. The summed E-state index contributed by atoms with van der Waals surface area (Å²) < 4.78 is 26.5. The molecule has 0 bridgehead atoms. The molecule has 0 aliphatic rings. The van der Waals surface area contributed by atoms with Crippen molar-refractivity contribution in [1.29, 1.82) is 0 Å². The predicted molar refractivity (Wildman–Crippen MR) is 63.5 cm³/mol. The van der Waals surface area contributed by atoms with Gasteiger partial charge in [-0.2, -0.15) is 4.39 Å². The number of nitro benzene ring substituents is 1. The number of halogens is 3. The van der Waals surface area contributed by atoms with E-state index in [1.807, 2.05) is 0 Å². The molecule has 0 fully saturated rings. The van der Waals surface area contributed by atoms with E-state index in [-0.39, 0.29) is 5.56 Å². The molecule has 18 heavy (non-hydrogen) atoms. The SMILES string of the molecule is O=[N+]([O-])c1cc(-c2ccccc2Cl)cc(F)c1F. The number of nitrogens with zero attached hydrogens (tertiary/aromatic N) is 1. The third-order valence-corrected chi connectivity index (χ3v) is 2.72. The van der Waals surface area contributed by atoms with Crippen LogP contribution < -0.4 is 0 Å². The molecule has 0 amide bonds. The largest absolute Gasteiger partial charge is 0.308 e. The first-order valence-electron chi connectivity index (χ1n) is 4.89. The summed E-state index contributed by atoms with van der Waals surface area (Å²) in [6, 6.07) is 8.28. The zero-order valence-electron chi connectivity index (χ0n) is 8.86. The van der Waals surface area contributed by atoms with Gasteiger partial charge in [0.1, 0.15) is 0 Å². The number of hydrogen-bond acceptors (Lipinski definition) is 2. The molecule has 2 aromatic carbocycles. The van der Waals surface area contributed by atoms with E-state index < -0.39 is 22.2 Å². The molecule has 0 atom stereocenters. The minimum atomic E-state index is -1.48. The van der Waals surface area contributed by atoms with Crippen LogP contribution in [0.15, 0.2) is 36.4 Å². The van der Waals surface area contributed by atoms with Gasteiger partial charge in [-0.1, -0.05) is 29.8 Å². The topological polar surface area (TPSA) is 43.1 Å². The van der Waals surface area contributed by atoms with Gasteiger partial charge in [0.2, 0.25) is 5.82 Å². The summed E-state index contributed by atoms with van der Waals surface area (Å²) in [5, 5.41) is 10.9. The van der Waals surface area contributed by atoms with Gasteiger partial charge in [-0.3, -0.25) is 10.1 Å². The predicted octanol–water partition coefficient (Wildman–Crippen LogP) is 4.19. The molecule has 92 valence electrons. The fraction of sp³-hybridized carbons (Fsp3) is 0. The lowest BCUT2D eigenvalue weighted by Crippen LogP contribution is -1.96. The van der Waals surface area contributed by atoms with E-state index in [0.717, 1.165) is 12.1 Å². The number of hydrogen-bond donors (Lipinski definition) is 0. The Balaban J connectivity index is 2.67. The van der Waals surface area contributed by atoms with E-state index in [9.17, 15) is 18.9 Å². The van der Waals surface area contributed by atoms with Gasteiger partial charge in [0.25, 0.3) is 0 Å². The molecule has 6 heteroatoms. The van der Waals surface area contributed by atoms with Crippen LogP contribution in [0.2, 0.25) is 5.02 Å². The Bertz CT molecular complexity index is 631. The Kier molecular flexibility index (Phi) is 3.25. The second kappa shape index (κ2) is 4.70. The van der Waals surface area contributed by atoms with Crippen molar-refractivity contribution in [3.8, 4) is 11.1 Å². The van der Waals surface area contributed by atoms with Gasteiger partial charge in [-0.25, -0.2) is 4.39 Å². The summed E-state index contributed by atoms with van der Waals surface area (Å²) in [7, 11) is 0. The van der Waals surface area contributed by atoms with E-state index in [2.05, 4.69) is 0 Å². The summed E-state index contributed by atoms with van der Waals surface area (Å²) >= 11 is 5.90. The Hall–Kier alpha value is -2.01. The summed E-state index contributed by atoms with van der Waals surface area (Å²) in [6.07, 6.45) is 0. The van der Waals surface area contributed by atoms with Crippen molar-refractivity contribution in [3.63, 3.8) is 0 Å². The monoisotopic (exact) mass is 269 g/mol. The van der Waals surface area contributed by atoms with Crippen LogP contribution in [0.4, 0.5) is 14.5 Å². The quantitative estimate of drug-likeness (QED) is 0.606. The van der Waals surface area contributed by atoms with Crippen LogP contribution in [-0.4, -0.2) is 4.92 Å². The molecule has 2 aromatic rings. The van der Waals surface area contributed by atoms with Gasteiger partial charge in [-0.05, 0) is 17.7 Å². The van der Waals surface area contributed by atoms with E-state index >= 15 is 0 Å². The second-order valence-electron chi connectivity index (χ2n) is 3.53. The molecule has 2 rings (SSSR count). The molecule has 3 nitrogen and oxygen atoms in total. The van der Waals surface area contributed by atoms with Crippen LogP contribution in [0.5, 0.6) is 0 Å². The van der Waals surface area contributed by atoms with Crippen LogP contribution in [0.25, 0.3) is 11.1 Å². The fourth-order valence-corrected chi connectivity index (χ4v) is 1.80. The average Bonchev–Trinajstić information content (AvgIpc) is 2.33. The Labute approximate surface area is 106 Å². The molecule has 0 N–H and O–H groups in total. The van der Waals surface area contributed by atoms with Crippen LogP contribution in [0, 0.1) is 21.7 Å². The average molecular weight is 270 g/mol. The van der Waals surface area contributed by atoms with Crippen molar-refractivity contribution < 1.29 is 13.7 Å². The maximum Gasteiger partial charge on any atom is 0.308 e. The Morgan fingerprint density at radius 3 is 2.44 bits per heavy atom. The lowest BCUT2D eigenvalue weighted by Gasteiger charge is -2.05. The van der Waals surface area contributed by atoms with E-state index in [0.29, 0.717) is 10.6 Å². The molecular weight excluding hydrogens is 264 g/mol. The first kappa shape index (κ1) is 12.4. The molecule has 0 radical (unpaired) electrons. The van der Waals surface area contributed by atoms with Crippen LogP contribution in [0.3, 0.4) is 0 Å². The molecule has 0 heterocycles. The van der Waals surface area contributed by atoms with Gasteiger partial charge in [-0.15, -0.1) is 0 Å². The lowest BCUT2D eigenvalue weighted by atomic mass is 10.0. The first-order valence-corrected chi connectivity index (χ1v) is 5.27. The minimum Gasteiger partial charge on any atom is -0.258 e. The molecule has 0 saturated carbocycles. The summed E-state index contributed by atoms with van der Waals surface area (Å²) in [4.78, 5) is 9.63. The van der Waals surface area contributed by atoms with Crippen LogP contribution >= 0.6 is 11.6 Å². The second-order valence-corrected chi connectivity index (χ2v) is 3.94. The third-order valence-electron chi connectivity index (χ3n) is 2.39. The van der Waals surface area contributed by atoms with Gasteiger partial charge in [0.05, 0.1) is 4.92 Å². The van der Waals surface area contributed by atoms with Gasteiger partial charge >= 0.3 is 5.69 Å². The zero-order chi connectivity index (χ0) is 13.3. The molecule has 0 aliphatic carbocycles. The highest BCUT2D eigenvalue weighted by molar-refractivity contribution is 6.33. The standard InChI is InChI=1S/C12H6ClF2NO2/c13-9-4-2-1-3-8(9)7-5-10(14)12(15)11(6-7)16(17)18/h1-6H. The van der Waals surface area contributed by atoms with Crippen molar-refractivity contribution in [2.45, 2.75) is 0 Å². The highest BCUT2D eigenvalue weighted by atomic mass is 35.5. The molecule has 0 aromatic heterocycles. The van der Waals surface area contributed by atoms with Gasteiger partial charge in [0, 0.05) is 16.7 Å². The van der Waals surface area contributed by atoms with Gasteiger partial charge in [0.15, 0.2) is 5.82 Å². The van der Waals surface area contributed by atoms with Crippen molar-refractivity contribution in [3.05, 3.63) is 63.2 Å². The number of nitro groups is 1. The van der Waals surface area contributed by atoms with E-state index in [4.69, 9.17) is 11.6 Å². The van der Waals surface area contributed by atoms with Crippen molar-refractivity contribution in [1.82, 2.24) is 0 Å². The van der Waals surface area contributed by atoms with Gasteiger partial charge < -0.3 is 0 Å². The Morgan fingerprint density at radius 2 is 1.83 bits per heavy atom.